The van der Waals surface area contributed by atoms with Crippen molar-refractivity contribution in [2.45, 2.75) is 31.3 Å². The van der Waals surface area contributed by atoms with E-state index in [0.29, 0.717) is 0 Å². The SMILES string of the molecule is CC(=O)OC1COC2C(OC(=O)c3ccccc3O)COC12. The number of esters is 2. The number of aromatic hydroxyl groups is 1. The van der Waals surface area contributed by atoms with Gasteiger partial charge in [-0.05, 0) is 12.1 Å². The first-order valence-corrected chi connectivity index (χ1v) is 6.95. The molecule has 0 amide bonds. The second kappa shape index (κ2) is 5.94. The minimum atomic E-state index is -0.646. The van der Waals surface area contributed by atoms with Gasteiger partial charge in [0.15, 0.2) is 12.2 Å². The minimum absolute atomic E-state index is 0.0838. The Morgan fingerprint density at radius 1 is 1.09 bits per heavy atom. The van der Waals surface area contributed by atoms with E-state index < -0.39 is 36.4 Å². The lowest BCUT2D eigenvalue weighted by atomic mass is 10.1. The number of ether oxygens (including phenoxy) is 4. The summed E-state index contributed by atoms with van der Waals surface area (Å²) in [7, 11) is 0. The third-order valence-corrected chi connectivity index (χ3v) is 3.66. The van der Waals surface area contributed by atoms with Gasteiger partial charge >= 0.3 is 11.9 Å². The average molecular weight is 308 g/mol. The number of carbonyl (C=O) groups is 2. The van der Waals surface area contributed by atoms with Crippen molar-refractivity contribution in [1.82, 2.24) is 0 Å². The van der Waals surface area contributed by atoms with E-state index in [1.54, 1.807) is 12.1 Å². The van der Waals surface area contributed by atoms with Gasteiger partial charge < -0.3 is 24.1 Å². The van der Waals surface area contributed by atoms with Gasteiger partial charge in [-0.3, -0.25) is 4.79 Å². The highest BCUT2D eigenvalue weighted by Crippen LogP contribution is 2.31. The summed E-state index contributed by atoms with van der Waals surface area (Å²) in [4.78, 5) is 23.1. The molecule has 118 valence electrons. The molecule has 0 spiro atoms. The van der Waals surface area contributed by atoms with Gasteiger partial charge in [-0.2, -0.15) is 0 Å². The number of phenols is 1. The van der Waals surface area contributed by atoms with Crippen LogP contribution in [0.1, 0.15) is 17.3 Å². The third kappa shape index (κ3) is 2.77. The molecule has 1 aromatic carbocycles. The molecule has 4 atom stereocenters. The van der Waals surface area contributed by atoms with Crippen molar-refractivity contribution in [3.8, 4) is 5.75 Å². The summed E-state index contributed by atoms with van der Waals surface area (Å²) in [5, 5.41) is 9.66. The van der Waals surface area contributed by atoms with Crippen LogP contribution in [0.25, 0.3) is 0 Å². The molecule has 2 fully saturated rings. The van der Waals surface area contributed by atoms with E-state index in [1.807, 2.05) is 0 Å². The highest BCUT2D eigenvalue weighted by Gasteiger charge is 2.51. The van der Waals surface area contributed by atoms with Crippen LogP contribution >= 0.6 is 0 Å². The summed E-state index contributed by atoms with van der Waals surface area (Å²) >= 11 is 0. The molecule has 2 aliphatic rings. The van der Waals surface area contributed by atoms with Crippen LogP contribution in [-0.4, -0.2) is 54.7 Å². The zero-order chi connectivity index (χ0) is 15.7. The largest absolute Gasteiger partial charge is 0.507 e. The zero-order valence-corrected chi connectivity index (χ0v) is 11.9. The Morgan fingerprint density at radius 2 is 1.68 bits per heavy atom. The van der Waals surface area contributed by atoms with Crippen LogP contribution in [0.15, 0.2) is 24.3 Å². The van der Waals surface area contributed by atoms with Crippen molar-refractivity contribution >= 4 is 11.9 Å². The molecule has 0 aliphatic carbocycles. The third-order valence-electron chi connectivity index (χ3n) is 3.66. The van der Waals surface area contributed by atoms with Gasteiger partial charge in [0.2, 0.25) is 0 Å². The molecule has 22 heavy (non-hydrogen) atoms. The van der Waals surface area contributed by atoms with Crippen LogP contribution in [-0.2, 0) is 23.7 Å². The first-order chi connectivity index (χ1) is 10.6. The maximum absolute atomic E-state index is 12.1. The van der Waals surface area contributed by atoms with Gasteiger partial charge in [-0.1, -0.05) is 12.1 Å². The summed E-state index contributed by atoms with van der Waals surface area (Å²) in [6.45, 7) is 1.68. The summed E-state index contributed by atoms with van der Waals surface area (Å²) < 4.78 is 21.5. The molecule has 3 rings (SSSR count). The fourth-order valence-electron chi connectivity index (χ4n) is 2.69. The molecule has 7 nitrogen and oxygen atoms in total. The van der Waals surface area contributed by atoms with Crippen molar-refractivity contribution in [1.29, 1.82) is 0 Å². The molecule has 7 heteroatoms. The first kappa shape index (κ1) is 14.8. The number of benzene rings is 1. The Morgan fingerprint density at radius 3 is 2.27 bits per heavy atom. The van der Waals surface area contributed by atoms with Crippen LogP contribution < -0.4 is 0 Å². The molecule has 2 heterocycles. The van der Waals surface area contributed by atoms with Crippen molar-refractivity contribution < 1.29 is 33.6 Å². The average Bonchev–Trinajstić information content (AvgIpc) is 3.03. The molecule has 0 radical (unpaired) electrons. The van der Waals surface area contributed by atoms with E-state index in [0.717, 1.165) is 0 Å². The van der Waals surface area contributed by atoms with E-state index in [2.05, 4.69) is 0 Å². The molecule has 0 saturated carbocycles. The maximum Gasteiger partial charge on any atom is 0.342 e. The normalized spacial score (nSPS) is 29.9. The van der Waals surface area contributed by atoms with Crippen molar-refractivity contribution in [3.05, 3.63) is 29.8 Å². The van der Waals surface area contributed by atoms with Gasteiger partial charge in [0.25, 0.3) is 0 Å². The zero-order valence-electron chi connectivity index (χ0n) is 11.9. The fraction of sp³-hybridized carbons (Fsp3) is 0.467. The van der Waals surface area contributed by atoms with Crippen LogP contribution in [0.3, 0.4) is 0 Å². The van der Waals surface area contributed by atoms with E-state index in [-0.39, 0.29) is 24.5 Å². The van der Waals surface area contributed by atoms with Gasteiger partial charge in [0, 0.05) is 6.92 Å². The molecular formula is C15H16O7. The Kier molecular flexibility index (Phi) is 4.00. The Labute approximate surface area is 126 Å². The highest BCUT2D eigenvalue weighted by molar-refractivity contribution is 5.92. The van der Waals surface area contributed by atoms with Gasteiger partial charge in [-0.25, -0.2) is 4.79 Å². The molecule has 0 bridgehead atoms. The number of phenolic OH excluding ortho intramolecular Hbond substituents is 1. The van der Waals surface area contributed by atoms with Gasteiger partial charge in [-0.15, -0.1) is 0 Å². The summed E-state index contributed by atoms with van der Waals surface area (Å²) in [6.07, 6.45) is -2.00. The number of rotatable bonds is 3. The number of carbonyl (C=O) groups excluding carboxylic acids is 2. The second-order valence-electron chi connectivity index (χ2n) is 5.20. The lowest BCUT2D eigenvalue weighted by Crippen LogP contribution is -2.35. The Balaban J connectivity index is 1.64. The van der Waals surface area contributed by atoms with E-state index in [1.165, 1.54) is 19.1 Å². The van der Waals surface area contributed by atoms with Crippen molar-refractivity contribution in [2.24, 2.45) is 0 Å². The standard InChI is InChI=1S/C15H16O7/c1-8(16)21-11-6-19-14-12(7-20-13(11)14)22-15(18)9-4-2-3-5-10(9)17/h2-5,11-14,17H,6-7H2,1H3. The molecular weight excluding hydrogens is 292 g/mol. The highest BCUT2D eigenvalue weighted by atomic mass is 16.7. The maximum atomic E-state index is 12.1. The summed E-state index contributed by atoms with van der Waals surface area (Å²) in [5.41, 5.74) is 0.0838. The molecule has 4 unspecified atom stereocenters. The lowest BCUT2D eigenvalue weighted by molar-refractivity contribution is -0.151. The molecule has 2 saturated heterocycles. The summed E-state index contributed by atoms with van der Waals surface area (Å²) in [5.74, 6) is -1.20. The lowest BCUT2D eigenvalue weighted by Gasteiger charge is -2.17. The fourth-order valence-corrected chi connectivity index (χ4v) is 2.69. The molecule has 2 aliphatic heterocycles. The number of para-hydroxylation sites is 1. The van der Waals surface area contributed by atoms with Gasteiger partial charge in [0.1, 0.15) is 23.5 Å². The van der Waals surface area contributed by atoms with E-state index >= 15 is 0 Å². The predicted molar refractivity (Wildman–Crippen MR) is 72.3 cm³/mol. The Hall–Kier alpha value is -2.12. The monoisotopic (exact) mass is 308 g/mol. The van der Waals surface area contributed by atoms with Crippen LogP contribution in [0.5, 0.6) is 5.75 Å². The van der Waals surface area contributed by atoms with E-state index in [9.17, 15) is 14.7 Å². The smallest absolute Gasteiger partial charge is 0.342 e. The Bertz CT molecular complexity index is 585. The number of hydrogen-bond acceptors (Lipinski definition) is 7. The van der Waals surface area contributed by atoms with E-state index in [4.69, 9.17) is 18.9 Å². The topological polar surface area (TPSA) is 91.3 Å². The van der Waals surface area contributed by atoms with Crippen LogP contribution in [0.4, 0.5) is 0 Å². The first-order valence-electron chi connectivity index (χ1n) is 6.95. The van der Waals surface area contributed by atoms with Crippen LogP contribution in [0.2, 0.25) is 0 Å². The van der Waals surface area contributed by atoms with Crippen molar-refractivity contribution in [2.75, 3.05) is 13.2 Å². The van der Waals surface area contributed by atoms with Crippen LogP contribution in [0, 0.1) is 0 Å². The molecule has 1 aromatic rings. The summed E-state index contributed by atoms with van der Waals surface area (Å²) in [6, 6.07) is 6.13. The number of hydrogen-bond donors (Lipinski definition) is 1. The predicted octanol–water partition coefficient (Wildman–Crippen LogP) is 0.647. The molecule has 0 aromatic heterocycles. The molecule has 1 N–H and O–H groups in total. The van der Waals surface area contributed by atoms with Gasteiger partial charge in [0.05, 0.1) is 13.2 Å². The number of fused-ring (bicyclic) bond motifs is 1. The minimum Gasteiger partial charge on any atom is -0.507 e. The quantitative estimate of drug-likeness (QED) is 0.820. The van der Waals surface area contributed by atoms with Crippen molar-refractivity contribution in [3.63, 3.8) is 0 Å². The second-order valence-corrected chi connectivity index (χ2v) is 5.20.